The van der Waals surface area contributed by atoms with Gasteiger partial charge >= 0.3 is 0 Å². The molecule has 2 nitrogen and oxygen atoms in total. The molecule has 1 aliphatic rings. The highest BCUT2D eigenvalue weighted by molar-refractivity contribution is 7.80. The quantitative estimate of drug-likeness (QED) is 0.754. The Labute approximate surface area is 102 Å². The number of hydrogen-bond donors (Lipinski definition) is 2. The first kappa shape index (κ1) is 11.5. The maximum absolute atomic E-state index is 11.7. The van der Waals surface area contributed by atoms with Crippen LogP contribution in [0.1, 0.15) is 24.8 Å². The Kier molecular flexibility index (Phi) is 3.54. The second kappa shape index (κ2) is 4.91. The molecule has 0 atom stereocenters. The van der Waals surface area contributed by atoms with E-state index in [1.54, 1.807) is 0 Å². The van der Waals surface area contributed by atoms with Crippen molar-refractivity contribution in [3.8, 4) is 0 Å². The lowest BCUT2D eigenvalue weighted by Crippen LogP contribution is -2.26. The zero-order chi connectivity index (χ0) is 11.4. The highest BCUT2D eigenvalue weighted by atomic mass is 32.1. The molecule has 1 aromatic carbocycles. The molecule has 1 aliphatic carbocycles. The standard InChI is InChI=1S/C13H17NOS/c15-12(8-13(10-16)6-7-13)14-9-11-4-2-1-3-5-11/h1-5,16H,6-10H2,(H,14,15). The van der Waals surface area contributed by atoms with Crippen molar-refractivity contribution in [3.05, 3.63) is 35.9 Å². The highest BCUT2D eigenvalue weighted by Crippen LogP contribution is 2.49. The first-order valence-corrected chi connectivity index (χ1v) is 6.29. The van der Waals surface area contributed by atoms with E-state index in [2.05, 4.69) is 17.9 Å². The molecule has 0 aliphatic heterocycles. The lowest BCUT2D eigenvalue weighted by molar-refractivity contribution is -0.122. The summed E-state index contributed by atoms with van der Waals surface area (Å²) in [5, 5.41) is 2.96. The fraction of sp³-hybridized carbons (Fsp3) is 0.462. The highest BCUT2D eigenvalue weighted by Gasteiger charge is 2.42. The van der Waals surface area contributed by atoms with Crippen molar-refractivity contribution >= 4 is 18.5 Å². The van der Waals surface area contributed by atoms with Crippen molar-refractivity contribution in [2.24, 2.45) is 5.41 Å². The molecule has 16 heavy (non-hydrogen) atoms. The van der Waals surface area contributed by atoms with E-state index in [-0.39, 0.29) is 11.3 Å². The smallest absolute Gasteiger partial charge is 0.220 e. The van der Waals surface area contributed by atoms with Crippen molar-refractivity contribution in [2.45, 2.75) is 25.8 Å². The van der Waals surface area contributed by atoms with Crippen molar-refractivity contribution in [1.82, 2.24) is 5.32 Å². The van der Waals surface area contributed by atoms with Gasteiger partial charge in [-0.15, -0.1) is 0 Å². The van der Waals surface area contributed by atoms with Gasteiger partial charge in [-0.25, -0.2) is 0 Å². The van der Waals surface area contributed by atoms with Crippen LogP contribution >= 0.6 is 12.6 Å². The summed E-state index contributed by atoms with van der Waals surface area (Å²) in [5.74, 6) is 0.974. The van der Waals surface area contributed by atoms with E-state index in [9.17, 15) is 4.79 Å². The van der Waals surface area contributed by atoms with Gasteiger partial charge < -0.3 is 5.32 Å². The predicted molar refractivity (Wildman–Crippen MR) is 68.4 cm³/mol. The van der Waals surface area contributed by atoms with Crippen LogP contribution in [0.2, 0.25) is 0 Å². The van der Waals surface area contributed by atoms with Crippen molar-refractivity contribution < 1.29 is 4.79 Å². The van der Waals surface area contributed by atoms with E-state index in [4.69, 9.17) is 0 Å². The number of amides is 1. The molecule has 0 saturated heterocycles. The summed E-state index contributed by atoms with van der Waals surface area (Å²) in [6.45, 7) is 0.627. The summed E-state index contributed by atoms with van der Waals surface area (Å²) in [7, 11) is 0. The van der Waals surface area contributed by atoms with Crippen LogP contribution in [0.3, 0.4) is 0 Å². The average Bonchev–Trinajstić information content (AvgIpc) is 3.08. The molecule has 1 saturated carbocycles. The predicted octanol–water partition coefficient (Wildman–Crippen LogP) is 2.40. The first-order chi connectivity index (χ1) is 7.74. The molecular formula is C13H17NOS. The van der Waals surface area contributed by atoms with Crippen molar-refractivity contribution in [1.29, 1.82) is 0 Å². The van der Waals surface area contributed by atoms with E-state index >= 15 is 0 Å². The van der Waals surface area contributed by atoms with E-state index in [1.165, 1.54) is 0 Å². The molecule has 0 heterocycles. The second-order valence-electron chi connectivity index (χ2n) is 4.60. The molecule has 0 radical (unpaired) electrons. The van der Waals surface area contributed by atoms with Gasteiger partial charge in [0.05, 0.1) is 0 Å². The van der Waals surface area contributed by atoms with Crippen LogP contribution in [0.4, 0.5) is 0 Å². The van der Waals surface area contributed by atoms with Gasteiger partial charge in [-0.05, 0) is 29.6 Å². The molecule has 1 fully saturated rings. The Bertz CT molecular complexity index is 359. The molecule has 0 spiro atoms. The van der Waals surface area contributed by atoms with E-state index in [0.29, 0.717) is 13.0 Å². The Balaban J connectivity index is 1.76. The summed E-state index contributed by atoms with van der Waals surface area (Å²) in [5.41, 5.74) is 1.36. The molecule has 1 N–H and O–H groups in total. The number of thiol groups is 1. The largest absolute Gasteiger partial charge is 0.352 e. The summed E-state index contributed by atoms with van der Waals surface area (Å²) in [4.78, 5) is 11.7. The van der Waals surface area contributed by atoms with Crippen LogP contribution < -0.4 is 5.32 Å². The molecule has 0 unspecified atom stereocenters. The third-order valence-corrected chi connectivity index (χ3v) is 3.83. The maximum atomic E-state index is 11.7. The van der Waals surface area contributed by atoms with Gasteiger partial charge in [0.1, 0.15) is 0 Å². The molecule has 1 aromatic rings. The van der Waals surface area contributed by atoms with Gasteiger partial charge in [-0.1, -0.05) is 30.3 Å². The summed E-state index contributed by atoms with van der Waals surface area (Å²) in [6.07, 6.45) is 2.92. The summed E-state index contributed by atoms with van der Waals surface area (Å²) in [6, 6.07) is 9.98. The third-order valence-electron chi connectivity index (χ3n) is 3.16. The van der Waals surface area contributed by atoms with E-state index < -0.39 is 0 Å². The number of nitrogens with one attached hydrogen (secondary N) is 1. The molecule has 0 aromatic heterocycles. The first-order valence-electron chi connectivity index (χ1n) is 5.66. The van der Waals surface area contributed by atoms with Crippen LogP contribution in [0.25, 0.3) is 0 Å². The number of benzene rings is 1. The molecule has 0 bridgehead atoms. The summed E-state index contributed by atoms with van der Waals surface area (Å²) >= 11 is 4.30. The van der Waals surface area contributed by atoms with Gasteiger partial charge in [0.25, 0.3) is 0 Å². The van der Waals surface area contributed by atoms with Crippen LogP contribution in [0, 0.1) is 5.41 Å². The van der Waals surface area contributed by atoms with Crippen molar-refractivity contribution in [3.63, 3.8) is 0 Å². The molecule has 3 heteroatoms. The Morgan fingerprint density at radius 1 is 1.31 bits per heavy atom. The Morgan fingerprint density at radius 3 is 2.56 bits per heavy atom. The maximum Gasteiger partial charge on any atom is 0.220 e. The number of carbonyl (C=O) groups excluding carboxylic acids is 1. The molecule has 1 amide bonds. The van der Waals surface area contributed by atoms with Crippen LogP contribution in [-0.2, 0) is 11.3 Å². The van der Waals surface area contributed by atoms with Crippen LogP contribution in [0.15, 0.2) is 30.3 Å². The molecular weight excluding hydrogens is 218 g/mol. The normalized spacial score (nSPS) is 16.8. The van der Waals surface area contributed by atoms with Gasteiger partial charge in [0.15, 0.2) is 0 Å². The fourth-order valence-electron chi connectivity index (χ4n) is 1.77. The van der Waals surface area contributed by atoms with Crippen LogP contribution in [0.5, 0.6) is 0 Å². The van der Waals surface area contributed by atoms with Gasteiger partial charge in [-0.3, -0.25) is 4.79 Å². The Hall–Kier alpha value is -0.960. The zero-order valence-electron chi connectivity index (χ0n) is 9.28. The van der Waals surface area contributed by atoms with Gasteiger partial charge in [0, 0.05) is 13.0 Å². The van der Waals surface area contributed by atoms with Crippen molar-refractivity contribution in [2.75, 3.05) is 5.75 Å². The minimum absolute atomic E-state index is 0.149. The summed E-state index contributed by atoms with van der Waals surface area (Å²) < 4.78 is 0. The SMILES string of the molecule is O=C(CC1(CS)CC1)NCc1ccccc1. The lowest BCUT2D eigenvalue weighted by Gasteiger charge is -2.11. The Morgan fingerprint density at radius 2 is 2.00 bits per heavy atom. The fourth-order valence-corrected chi connectivity index (χ4v) is 2.20. The lowest BCUT2D eigenvalue weighted by atomic mass is 10.1. The van der Waals surface area contributed by atoms with Gasteiger partial charge in [0.2, 0.25) is 5.91 Å². The monoisotopic (exact) mass is 235 g/mol. The minimum Gasteiger partial charge on any atom is -0.352 e. The molecule has 2 rings (SSSR count). The number of hydrogen-bond acceptors (Lipinski definition) is 2. The van der Waals surface area contributed by atoms with E-state index in [1.807, 2.05) is 30.3 Å². The number of rotatable bonds is 5. The topological polar surface area (TPSA) is 29.1 Å². The van der Waals surface area contributed by atoms with E-state index in [0.717, 1.165) is 24.2 Å². The number of carbonyl (C=O) groups is 1. The zero-order valence-corrected chi connectivity index (χ0v) is 10.2. The minimum atomic E-state index is 0.149. The second-order valence-corrected chi connectivity index (χ2v) is 4.91. The average molecular weight is 235 g/mol. The third kappa shape index (κ3) is 3.01. The van der Waals surface area contributed by atoms with Gasteiger partial charge in [-0.2, -0.15) is 12.6 Å². The molecule has 86 valence electrons. The van der Waals surface area contributed by atoms with Crippen LogP contribution in [-0.4, -0.2) is 11.7 Å².